The third-order valence-electron chi connectivity index (χ3n) is 6.25. The zero-order chi connectivity index (χ0) is 22.0. The van der Waals surface area contributed by atoms with Crippen LogP contribution in [0.5, 0.6) is 0 Å². The maximum Gasteiger partial charge on any atom is 0.413 e. The van der Waals surface area contributed by atoms with Gasteiger partial charge in [0.15, 0.2) is 16.6 Å². The molecule has 1 aliphatic rings. The fraction of sp³-hybridized carbons (Fsp3) is 0.895. The van der Waals surface area contributed by atoms with Gasteiger partial charge in [-0.3, -0.25) is 0 Å². The van der Waals surface area contributed by atoms with Crippen molar-refractivity contribution >= 4 is 28.8 Å². The summed E-state index contributed by atoms with van der Waals surface area (Å²) in [6, 6.07) is 0. The second kappa shape index (κ2) is 8.89. The highest BCUT2D eigenvalue weighted by Crippen LogP contribution is 2.42. The zero-order valence-electron chi connectivity index (χ0n) is 19.2. The van der Waals surface area contributed by atoms with Crippen molar-refractivity contribution in [3.8, 4) is 0 Å². The monoisotopic (exact) mass is 430 g/mol. The number of nitrogens with zero attached hydrogens (tertiary/aromatic N) is 2. The summed E-state index contributed by atoms with van der Waals surface area (Å²) in [5.74, 6) is -0.717. The van der Waals surface area contributed by atoms with Gasteiger partial charge in [-0.2, -0.15) is 4.79 Å². The second-order valence-electron chi connectivity index (χ2n) is 10.5. The summed E-state index contributed by atoms with van der Waals surface area (Å²) in [4.78, 5) is 14.2. The smallest absolute Gasteiger partial charge is 0.413 e. The lowest BCUT2D eigenvalue weighted by molar-refractivity contribution is -0.143. The van der Waals surface area contributed by atoms with Crippen LogP contribution >= 0.6 is 0 Å². The molecule has 162 valence electrons. The first-order valence-corrected chi connectivity index (χ1v) is 15.6. The Morgan fingerprint density at radius 1 is 1.07 bits per heavy atom. The van der Waals surface area contributed by atoms with E-state index < -0.39 is 28.7 Å². The van der Waals surface area contributed by atoms with Crippen molar-refractivity contribution in [1.82, 2.24) is 0 Å². The molecular weight excluding hydrogens is 392 g/mol. The molecule has 7 nitrogen and oxygen atoms in total. The van der Waals surface area contributed by atoms with Crippen LogP contribution in [0.2, 0.25) is 36.3 Å². The van der Waals surface area contributed by atoms with Gasteiger partial charge in [-0.25, -0.2) is 4.79 Å². The van der Waals surface area contributed by atoms with Crippen LogP contribution in [0, 0.1) is 0 Å². The van der Waals surface area contributed by atoms with Gasteiger partial charge in [0.05, 0.1) is 12.7 Å². The van der Waals surface area contributed by atoms with Gasteiger partial charge in [0.25, 0.3) is 0 Å². The highest BCUT2D eigenvalue weighted by atomic mass is 28.4. The Kier molecular flexibility index (Phi) is 8.00. The highest BCUT2D eigenvalue weighted by Gasteiger charge is 2.50. The molecule has 1 saturated heterocycles. The van der Waals surface area contributed by atoms with Crippen LogP contribution in [0.3, 0.4) is 0 Å². The number of hydrogen-bond acceptors (Lipinski definition) is 5. The Labute approximate surface area is 172 Å². The minimum Gasteiger partial charge on any atom is -0.454 e. The van der Waals surface area contributed by atoms with Crippen molar-refractivity contribution in [3.05, 3.63) is 5.53 Å². The predicted octanol–water partition coefficient (Wildman–Crippen LogP) is 4.01. The number of carbonyl (C=O) groups is 1. The third kappa shape index (κ3) is 6.33. The largest absolute Gasteiger partial charge is 0.454 e. The van der Waals surface area contributed by atoms with Gasteiger partial charge in [-0.1, -0.05) is 41.5 Å². The highest BCUT2D eigenvalue weighted by molar-refractivity contribution is 6.74. The summed E-state index contributed by atoms with van der Waals surface area (Å²) in [6.45, 7) is 22.4. The molecule has 0 aromatic rings. The topological polar surface area (TPSA) is 90.4 Å². The van der Waals surface area contributed by atoms with Crippen molar-refractivity contribution in [2.75, 3.05) is 13.2 Å². The van der Waals surface area contributed by atoms with Crippen LogP contribution in [0.1, 0.15) is 41.5 Å². The molecule has 0 N–H and O–H groups in total. The maximum atomic E-state index is 11.5. The summed E-state index contributed by atoms with van der Waals surface area (Å²) >= 11 is 0. The SMILES string of the molecule is CC(C)(C)[Si](C)(C)OC1CO[C@H](COC(=O)C=[N+]=[N-])C1O[Si](C)(C)C(C)(C)C. The third-order valence-corrected chi connectivity index (χ3v) is 15.2. The van der Waals surface area contributed by atoms with E-state index in [2.05, 4.69) is 72.5 Å². The van der Waals surface area contributed by atoms with Crippen molar-refractivity contribution in [2.45, 2.75) is 96.1 Å². The Hall–Kier alpha value is -0.836. The second-order valence-corrected chi connectivity index (χ2v) is 20.0. The van der Waals surface area contributed by atoms with Gasteiger partial charge in [0.2, 0.25) is 0 Å². The number of ether oxygens (including phenoxy) is 2. The lowest BCUT2D eigenvalue weighted by atomic mass is 10.2. The Morgan fingerprint density at radius 3 is 2.04 bits per heavy atom. The Bertz CT molecular complexity index is 604. The molecule has 0 saturated carbocycles. The molecule has 1 aliphatic heterocycles. The van der Waals surface area contributed by atoms with Gasteiger partial charge in [-0.05, 0) is 36.3 Å². The summed E-state index contributed by atoms with van der Waals surface area (Å²) in [5.41, 5.74) is 8.47. The minimum absolute atomic E-state index is 0.0293. The van der Waals surface area contributed by atoms with Gasteiger partial charge in [0, 0.05) is 0 Å². The van der Waals surface area contributed by atoms with E-state index in [9.17, 15) is 4.79 Å². The van der Waals surface area contributed by atoms with Crippen LogP contribution in [-0.2, 0) is 23.1 Å². The van der Waals surface area contributed by atoms with Gasteiger partial charge < -0.3 is 23.9 Å². The minimum atomic E-state index is -2.10. The Morgan fingerprint density at radius 2 is 1.57 bits per heavy atom. The normalized spacial score (nSPS) is 24.0. The standard InChI is InChI=1S/C19H38N2O5Si2/c1-18(2,3)27(7,8)25-15-13-23-14(12-24-16(22)11-21-20)17(15)26-28(9,10)19(4,5)6/h11,14-15,17H,12-13H2,1-10H3/t14-,15?,17?/m1/s1. The molecular formula is C19H38N2O5Si2. The zero-order valence-corrected chi connectivity index (χ0v) is 21.2. The van der Waals surface area contributed by atoms with Crippen LogP contribution in [0.25, 0.3) is 5.53 Å². The van der Waals surface area contributed by atoms with E-state index in [-0.39, 0.29) is 28.9 Å². The molecule has 9 heteroatoms. The van der Waals surface area contributed by atoms with Gasteiger partial charge in [0.1, 0.15) is 18.8 Å². The van der Waals surface area contributed by atoms with E-state index in [4.69, 9.17) is 23.9 Å². The fourth-order valence-corrected chi connectivity index (χ4v) is 5.01. The lowest BCUT2D eigenvalue weighted by Crippen LogP contribution is -2.53. The summed E-state index contributed by atoms with van der Waals surface area (Å²) in [7, 11) is -4.12. The Balaban J connectivity index is 3.05. The van der Waals surface area contributed by atoms with Gasteiger partial charge >= 0.3 is 12.2 Å². The number of carbonyl (C=O) groups excluding carboxylic acids is 1. The molecule has 3 atom stereocenters. The van der Waals surface area contributed by atoms with Gasteiger partial charge in [-0.15, -0.1) is 0 Å². The summed E-state index contributed by atoms with van der Waals surface area (Å²) < 4.78 is 24.4. The lowest BCUT2D eigenvalue weighted by Gasteiger charge is -2.43. The first-order chi connectivity index (χ1) is 12.5. The molecule has 1 rings (SSSR count). The molecule has 2 unspecified atom stereocenters. The molecule has 1 fully saturated rings. The quantitative estimate of drug-likeness (QED) is 0.200. The van der Waals surface area contributed by atoms with Crippen LogP contribution in [-0.4, -0.2) is 65.1 Å². The van der Waals surface area contributed by atoms with Crippen molar-refractivity contribution in [1.29, 1.82) is 0 Å². The first kappa shape index (κ1) is 25.2. The summed E-state index contributed by atoms with van der Waals surface area (Å²) in [6.07, 6.45) is -0.207. The molecule has 0 aromatic heterocycles. The van der Waals surface area contributed by atoms with E-state index >= 15 is 0 Å². The molecule has 28 heavy (non-hydrogen) atoms. The first-order valence-electron chi connectivity index (χ1n) is 9.83. The predicted molar refractivity (Wildman–Crippen MR) is 115 cm³/mol. The molecule has 1 heterocycles. The van der Waals surface area contributed by atoms with E-state index in [0.717, 1.165) is 6.21 Å². The van der Waals surface area contributed by atoms with Crippen LogP contribution in [0.4, 0.5) is 0 Å². The molecule has 0 radical (unpaired) electrons. The van der Waals surface area contributed by atoms with E-state index in [1.54, 1.807) is 0 Å². The van der Waals surface area contributed by atoms with Crippen molar-refractivity contribution in [3.63, 3.8) is 0 Å². The van der Waals surface area contributed by atoms with Crippen LogP contribution < -0.4 is 0 Å². The molecule has 0 aliphatic carbocycles. The number of esters is 1. The number of rotatable bonds is 7. The molecule has 0 spiro atoms. The number of hydrogen-bond donors (Lipinski definition) is 0. The molecule has 0 aromatic carbocycles. The average molecular weight is 431 g/mol. The maximum absolute atomic E-state index is 11.5. The van der Waals surface area contributed by atoms with Crippen molar-refractivity contribution in [2.24, 2.45) is 0 Å². The average Bonchev–Trinajstić information content (AvgIpc) is 2.84. The molecule has 0 bridgehead atoms. The fourth-order valence-electron chi connectivity index (χ4n) is 2.36. The van der Waals surface area contributed by atoms with E-state index in [1.807, 2.05) is 0 Å². The van der Waals surface area contributed by atoms with Crippen molar-refractivity contribution < 1.29 is 27.9 Å². The van der Waals surface area contributed by atoms with E-state index in [1.165, 1.54) is 0 Å². The molecule has 0 amide bonds. The summed E-state index contributed by atoms with van der Waals surface area (Å²) in [5, 5.41) is 0.0958. The van der Waals surface area contributed by atoms with E-state index in [0.29, 0.717) is 6.61 Å². The van der Waals surface area contributed by atoms with Crippen LogP contribution in [0.15, 0.2) is 0 Å².